The number of carboxylic acid groups (broad SMARTS) is 1. The summed E-state index contributed by atoms with van der Waals surface area (Å²) in [5.41, 5.74) is 2.09. The number of nitrogens with zero attached hydrogens (tertiary/aromatic N) is 4. The Morgan fingerprint density at radius 2 is 2.25 bits per heavy atom. The van der Waals surface area contributed by atoms with Crippen molar-refractivity contribution in [3.8, 4) is 0 Å². The van der Waals surface area contributed by atoms with E-state index in [2.05, 4.69) is 21.3 Å². The summed E-state index contributed by atoms with van der Waals surface area (Å²) >= 11 is 6.14. The lowest BCUT2D eigenvalue weighted by Gasteiger charge is -2.36. The molecule has 1 atom stereocenters. The normalized spacial score (nSPS) is 18.6. The fraction of sp³-hybridized carbons (Fsp3) is 0.471. The van der Waals surface area contributed by atoms with Gasteiger partial charge in [0.05, 0.1) is 5.69 Å². The zero-order valence-corrected chi connectivity index (χ0v) is 14.2. The topological polar surface area (TPSA) is 71.2 Å². The van der Waals surface area contributed by atoms with E-state index in [4.69, 9.17) is 16.7 Å². The van der Waals surface area contributed by atoms with E-state index in [9.17, 15) is 4.79 Å². The van der Waals surface area contributed by atoms with Crippen molar-refractivity contribution in [2.75, 3.05) is 13.1 Å². The molecule has 6 nitrogen and oxygen atoms in total. The van der Waals surface area contributed by atoms with Crippen molar-refractivity contribution in [1.29, 1.82) is 0 Å². The van der Waals surface area contributed by atoms with Gasteiger partial charge in [0.1, 0.15) is 6.54 Å². The van der Waals surface area contributed by atoms with Gasteiger partial charge in [-0.2, -0.15) is 0 Å². The van der Waals surface area contributed by atoms with Gasteiger partial charge in [-0.3, -0.25) is 9.69 Å². The first-order chi connectivity index (χ1) is 11.6. The number of hydrogen-bond donors (Lipinski definition) is 1. The number of benzene rings is 1. The standard InChI is InChI=1S/C17H21ClN4O2/c18-14-5-3-4-13(10-14)16-6-1-2-8-21(16)9-7-15-11-22(20-19-15)12-17(23)24/h3-5,10-11,16H,1-2,6-9,12H2,(H,23,24). The summed E-state index contributed by atoms with van der Waals surface area (Å²) < 4.78 is 1.36. The van der Waals surface area contributed by atoms with E-state index in [1.54, 1.807) is 6.20 Å². The lowest BCUT2D eigenvalue weighted by Crippen LogP contribution is -2.35. The Morgan fingerprint density at radius 1 is 1.38 bits per heavy atom. The van der Waals surface area contributed by atoms with Crippen LogP contribution in [0.4, 0.5) is 0 Å². The van der Waals surface area contributed by atoms with Crippen molar-refractivity contribution in [2.24, 2.45) is 0 Å². The number of carbonyl (C=O) groups is 1. The smallest absolute Gasteiger partial charge is 0.325 e. The Labute approximate surface area is 146 Å². The molecule has 1 aliphatic rings. The molecule has 24 heavy (non-hydrogen) atoms. The van der Waals surface area contributed by atoms with Crippen molar-refractivity contribution in [2.45, 2.75) is 38.3 Å². The molecule has 1 aromatic carbocycles. The van der Waals surface area contributed by atoms with E-state index >= 15 is 0 Å². The fourth-order valence-corrected chi connectivity index (χ4v) is 3.48. The van der Waals surface area contributed by atoms with Gasteiger partial charge in [-0.15, -0.1) is 5.10 Å². The van der Waals surface area contributed by atoms with Crippen molar-refractivity contribution < 1.29 is 9.90 Å². The van der Waals surface area contributed by atoms with E-state index in [0.29, 0.717) is 6.04 Å². The number of aromatic nitrogens is 3. The maximum atomic E-state index is 10.7. The van der Waals surface area contributed by atoms with E-state index in [1.807, 2.05) is 18.2 Å². The molecule has 0 saturated carbocycles. The van der Waals surface area contributed by atoms with Gasteiger partial charge in [0.15, 0.2) is 0 Å². The number of rotatable bonds is 6. The molecule has 1 fully saturated rings. The second-order valence-corrected chi connectivity index (χ2v) is 6.59. The Hall–Kier alpha value is -1.92. The van der Waals surface area contributed by atoms with Crippen molar-refractivity contribution in [3.05, 3.63) is 46.7 Å². The van der Waals surface area contributed by atoms with Gasteiger partial charge in [0, 0.05) is 30.2 Å². The predicted molar refractivity (Wildman–Crippen MR) is 91.0 cm³/mol. The molecule has 0 aliphatic carbocycles. The van der Waals surface area contributed by atoms with Crippen LogP contribution < -0.4 is 0 Å². The predicted octanol–water partition coefficient (Wildman–Crippen LogP) is 2.79. The van der Waals surface area contributed by atoms with Gasteiger partial charge in [0.2, 0.25) is 0 Å². The zero-order valence-electron chi connectivity index (χ0n) is 13.4. The number of likely N-dealkylation sites (tertiary alicyclic amines) is 1. The van der Waals surface area contributed by atoms with Gasteiger partial charge >= 0.3 is 5.97 Å². The third-order valence-corrected chi connectivity index (χ3v) is 4.62. The van der Waals surface area contributed by atoms with Crippen LogP contribution in [0.3, 0.4) is 0 Å². The first-order valence-electron chi connectivity index (χ1n) is 8.22. The van der Waals surface area contributed by atoms with Crippen LogP contribution in [0.25, 0.3) is 0 Å². The Morgan fingerprint density at radius 3 is 3.04 bits per heavy atom. The quantitative estimate of drug-likeness (QED) is 0.869. The van der Waals surface area contributed by atoms with Gasteiger partial charge in [-0.1, -0.05) is 35.4 Å². The SMILES string of the molecule is O=C(O)Cn1cc(CCN2CCCCC2c2cccc(Cl)c2)nn1. The van der Waals surface area contributed by atoms with E-state index in [0.717, 1.165) is 36.6 Å². The van der Waals surface area contributed by atoms with Crippen molar-refractivity contribution in [1.82, 2.24) is 19.9 Å². The van der Waals surface area contributed by atoms with Gasteiger partial charge in [-0.05, 0) is 37.1 Å². The minimum absolute atomic E-state index is 0.151. The number of halogens is 1. The molecule has 0 amide bonds. The van der Waals surface area contributed by atoms with Crippen LogP contribution in [0.1, 0.15) is 36.6 Å². The van der Waals surface area contributed by atoms with Gasteiger partial charge in [0.25, 0.3) is 0 Å². The third-order valence-electron chi connectivity index (χ3n) is 4.39. The summed E-state index contributed by atoms with van der Waals surface area (Å²) in [6.45, 7) is 1.78. The number of hydrogen-bond acceptors (Lipinski definition) is 4. The molecular weight excluding hydrogens is 328 g/mol. The number of piperidine rings is 1. The maximum absolute atomic E-state index is 10.7. The molecule has 1 aliphatic heterocycles. The van der Waals surface area contributed by atoms with E-state index in [1.165, 1.54) is 23.1 Å². The molecule has 2 heterocycles. The molecule has 0 bridgehead atoms. The van der Waals surface area contributed by atoms with Crippen LogP contribution >= 0.6 is 11.6 Å². The summed E-state index contributed by atoms with van der Waals surface area (Å²) in [7, 11) is 0. The molecular formula is C17H21ClN4O2. The molecule has 0 radical (unpaired) electrons. The number of carboxylic acids is 1. The summed E-state index contributed by atoms with van der Waals surface area (Å²) in [6.07, 6.45) is 6.03. The average molecular weight is 349 g/mol. The summed E-state index contributed by atoms with van der Waals surface area (Å²) in [5.74, 6) is -0.913. The Balaban J connectivity index is 1.64. The second kappa shape index (κ2) is 7.77. The summed E-state index contributed by atoms with van der Waals surface area (Å²) in [5, 5.41) is 17.5. The highest BCUT2D eigenvalue weighted by Gasteiger charge is 2.24. The molecule has 1 aromatic heterocycles. The van der Waals surface area contributed by atoms with Crippen molar-refractivity contribution in [3.63, 3.8) is 0 Å². The molecule has 1 N–H and O–H groups in total. The maximum Gasteiger partial charge on any atom is 0.325 e. The van der Waals surface area contributed by atoms with Crippen LogP contribution in [0, 0.1) is 0 Å². The molecule has 1 unspecified atom stereocenters. The van der Waals surface area contributed by atoms with Crippen LogP contribution in [0.15, 0.2) is 30.5 Å². The van der Waals surface area contributed by atoms with Gasteiger partial charge < -0.3 is 5.11 Å². The highest BCUT2D eigenvalue weighted by atomic mass is 35.5. The lowest BCUT2D eigenvalue weighted by molar-refractivity contribution is -0.137. The third kappa shape index (κ3) is 4.33. The minimum atomic E-state index is -0.913. The molecule has 3 rings (SSSR count). The highest BCUT2D eigenvalue weighted by Crippen LogP contribution is 2.31. The molecule has 0 spiro atoms. The molecule has 1 saturated heterocycles. The Bertz CT molecular complexity index is 703. The van der Waals surface area contributed by atoms with Crippen LogP contribution in [0.5, 0.6) is 0 Å². The molecule has 2 aromatic rings. The number of aliphatic carboxylic acids is 1. The minimum Gasteiger partial charge on any atom is -0.480 e. The fourth-order valence-electron chi connectivity index (χ4n) is 3.28. The lowest BCUT2D eigenvalue weighted by atomic mass is 9.95. The Kier molecular flexibility index (Phi) is 5.48. The van der Waals surface area contributed by atoms with Crippen LogP contribution in [0.2, 0.25) is 5.02 Å². The largest absolute Gasteiger partial charge is 0.480 e. The monoisotopic (exact) mass is 348 g/mol. The van der Waals surface area contributed by atoms with E-state index < -0.39 is 5.97 Å². The van der Waals surface area contributed by atoms with Crippen LogP contribution in [-0.2, 0) is 17.8 Å². The van der Waals surface area contributed by atoms with E-state index in [-0.39, 0.29) is 6.54 Å². The first kappa shape index (κ1) is 16.9. The zero-order chi connectivity index (χ0) is 16.9. The second-order valence-electron chi connectivity index (χ2n) is 6.15. The van der Waals surface area contributed by atoms with Crippen LogP contribution in [-0.4, -0.2) is 44.1 Å². The summed E-state index contributed by atoms with van der Waals surface area (Å²) in [6, 6.07) is 8.47. The van der Waals surface area contributed by atoms with Gasteiger partial charge in [-0.25, -0.2) is 4.68 Å². The average Bonchev–Trinajstić information content (AvgIpc) is 3.00. The van der Waals surface area contributed by atoms with Crippen molar-refractivity contribution >= 4 is 17.6 Å². The summed E-state index contributed by atoms with van der Waals surface area (Å²) in [4.78, 5) is 13.2. The molecule has 128 valence electrons. The highest BCUT2D eigenvalue weighted by molar-refractivity contribution is 6.30. The first-order valence-corrected chi connectivity index (χ1v) is 8.60. The molecule has 7 heteroatoms.